The Balaban J connectivity index is 1.55. The van der Waals surface area contributed by atoms with Crippen LogP contribution in [0.2, 0.25) is 0 Å². The second kappa shape index (κ2) is 6.91. The summed E-state index contributed by atoms with van der Waals surface area (Å²) in [6.45, 7) is 4.94. The third-order valence-electron chi connectivity index (χ3n) is 5.34. The van der Waals surface area contributed by atoms with Gasteiger partial charge in [-0.3, -0.25) is 0 Å². The molecule has 0 spiro atoms. The number of hydrogen-bond acceptors (Lipinski definition) is 2. The summed E-state index contributed by atoms with van der Waals surface area (Å²) in [5.74, 6) is 0.828. The Hall–Kier alpha value is -1.55. The number of nitrogens with one attached hydrogen (secondary N) is 2. The van der Waals surface area contributed by atoms with Crippen molar-refractivity contribution in [3.8, 4) is 0 Å². The minimum Gasteiger partial charge on any atom is -0.393 e. The molecule has 2 aliphatic carbocycles. The number of aliphatic hydroxyl groups excluding tert-OH is 1. The van der Waals surface area contributed by atoms with Gasteiger partial charge in [-0.25, -0.2) is 4.79 Å². The summed E-state index contributed by atoms with van der Waals surface area (Å²) in [5.41, 5.74) is 3.85. The molecule has 0 radical (unpaired) electrons. The molecule has 0 saturated heterocycles. The molecule has 23 heavy (non-hydrogen) atoms. The number of carbonyl (C=O) groups excluding carboxylic acids is 1. The Bertz CT molecular complexity index is 572. The Labute approximate surface area is 138 Å². The molecule has 4 unspecified atom stereocenters. The average molecular weight is 316 g/mol. The van der Waals surface area contributed by atoms with Crippen molar-refractivity contribution >= 4 is 6.03 Å². The topological polar surface area (TPSA) is 61.4 Å². The molecular weight excluding hydrogens is 288 g/mol. The fourth-order valence-corrected chi connectivity index (χ4v) is 4.06. The number of urea groups is 1. The van der Waals surface area contributed by atoms with Gasteiger partial charge in [0.25, 0.3) is 0 Å². The molecule has 4 heteroatoms. The third-order valence-corrected chi connectivity index (χ3v) is 5.34. The minimum absolute atomic E-state index is 0.0868. The molecular formula is C19H28N2O2. The van der Waals surface area contributed by atoms with Crippen molar-refractivity contribution in [1.82, 2.24) is 10.6 Å². The van der Waals surface area contributed by atoms with Crippen LogP contribution in [0.4, 0.5) is 4.79 Å². The summed E-state index contributed by atoms with van der Waals surface area (Å²) in [6, 6.07) is 6.53. The van der Waals surface area contributed by atoms with E-state index in [-0.39, 0.29) is 18.2 Å². The zero-order chi connectivity index (χ0) is 16.4. The van der Waals surface area contributed by atoms with Crippen LogP contribution in [0.25, 0.3) is 0 Å². The molecule has 3 N–H and O–H groups in total. The van der Waals surface area contributed by atoms with E-state index in [1.165, 1.54) is 16.7 Å². The molecule has 4 atom stereocenters. The highest BCUT2D eigenvalue weighted by Gasteiger charge is 2.30. The number of benzene rings is 1. The molecule has 126 valence electrons. The molecule has 1 saturated carbocycles. The number of amides is 2. The summed E-state index contributed by atoms with van der Waals surface area (Å²) < 4.78 is 0. The Kier molecular flexibility index (Phi) is 4.90. The minimum atomic E-state index is -0.191. The van der Waals surface area contributed by atoms with Crippen LogP contribution in [-0.2, 0) is 6.42 Å². The van der Waals surface area contributed by atoms with Crippen molar-refractivity contribution in [2.45, 2.75) is 58.1 Å². The summed E-state index contributed by atoms with van der Waals surface area (Å²) in [5, 5.41) is 15.9. The predicted octanol–water partition coefficient (Wildman–Crippen LogP) is 3.08. The SMILES string of the molecule is Cc1ccc2c(c1)C(NC(=O)NCC1CCCC(O)C1)C(C)C2. The predicted molar refractivity (Wildman–Crippen MR) is 91.3 cm³/mol. The van der Waals surface area contributed by atoms with Gasteiger partial charge in [-0.2, -0.15) is 0 Å². The zero-order valence-corrected chi connectivity index (χ0v) is 14.1. The second-order valence-electron chi connectivity index (χ2n) is 7.40. The Morgan fingerprint density at radius 3 is 2.96 bits per heavy atom. The van der Waals surface area contributed by atoms with Crippen LogP contribution >= 0.6 is 0 Å². The monoisotopic (exact) mass is 316 g/mol. The molecule has 3 rings (SSSR count). The number of fused-ring (bicyclic) bond motifs is 1. The number of hydrogen-bond donors (Lipinski definition) is 3. The summed E-state index contributed by atoms with van der Waals surface area (Å²) in [6.07, 6.45) is 4.69. The standard InChI is InChI=1S/C19H28N2O2/c1-12-6-7-15-9-13(2)18(17(15)8-12)21-19(23)20-11-14-4-3-5-16(22)10-14/h6-8,13-14,16,18,22H,3-5,9-11H2,1-2H3,(H2,20,21,23). The van der Waals surface area contributed by atoms with Crippen LogP contribution in [0, 0.1) is 18.8 Å². The molecule has 4 nitrogen and oxygen atoms in total. The fraction of sp³-hybridized carbons (Fsp3) is 0.632. The van der Waals surface area contributed by atoms with E-state index in [1.54, 1.807) is 0 Å². The van der Waals surface area contributed by atoms with Gasteiger partial charge in [0.2, 0.25) is 0 Å². The molecule has 1 fully saturated rings. The van der Waals surface area contributed by atoms with Gasteiger partial charge in [0.05, 0.1) is 12.1 Å². The van der Waals surface area contributed by atoms with Crippen molar-refractivity contribution < 1.29 is 9.90 Å². The van der Waals surface area contributed by atoms with Gasteiger partial charge in [-0.1, -0.05) is 37.1 Å². The summed E-state index contributed by atoms with van der Waals surface area (Å²) in [7, 11) is 0. The lowest BCUT2D eigenvalue weighted by Gasteiger charge is -2.26. The quantitative estimate of drug-likeness (QED) is 0.802. The van der Waals surface area contributed by atoms with Crippen LogP contribution < -0.4 is 10.6 Å². The second-order valence-corrected chi connectivity index (χ2v) is 7.40. The molecule has 1 aromatic rings. The molecule has 0 aliphatic heterocycles. The van der Waals surface area contributed by atoms with Gasteiger partial charge in [0.15, 0.2) is 0 Å². The smallest absolute Gasteiger partial charge is 0.315 e. The van der Waals surface area contributed by atoms with Gasteiger partial charge in [-0.15, -0.1) is 0 Å². The van der Waals surface area contributed by atoms with Crippen molar-refractivity contribution in [3.05, 3.63) is 34.9 Å². The van der Waals surface area contributed by atoms with Gasteiger partial charge in [0, 0.05) is 6.54 Å². The van der Waals surface area contributed by atoms with Gasteiger partial charge in [-0.05, 0) is 55.6 Å². The maximum absolute atomic E-state index is 12.3. The number of carbonyl (C=O) groups is 1. The fourth-order valence-electron chi connectivity index (χ4n) is 4.06. The van der Waals surface area contributed by atoms with Crippen molar-refractivity contribution in [2.24, 2.45) is 11.8 Å². The lowest BCUT2D eigenvalue weighted by Crippen LogP contribution is -2.42. The van der Waals surface area contributed by atoms with E-state index in [2.05, 4.69) is 42.7 Å². The summed E-state index contributed by atoms with van der Waals surface area (Å²) >= 11 is 0. The first-order chi connectivity index (χ1) is 11.0. The Morgan fingerprint density at radius 1 is 1.35 bits per heavy atom. The number of aliphatic hydroxyl groups is 1. The normalized spacial score (nSPS) is 29.9. The van der Waals surface area contributed by atoms with Gasteiger partial charge < -0.3 is 15.7 Å². The van der Waals surface area contributed by atoms with Crippen LogP contribution in [0.15, 0.2) is 18.2 Å². The van der Waals surface area contributed by atoms with E-state index < -0.39 is 0 Å². The highest BCUT2D eigenvalue weighted by atomic mass is 16.3. The molecule has 2 aliphatic rings. The van der Waals surface area contributed by atoms with E-state index in [9.17, 15) is 9.90 Å². The first-order valence-corrected chi connectivity index (χ1v) is 8.84. The maximum atomic E-state index is 12.3. The van der Waals surface area contributed by atoms with E-state index in [1.807, 2.05) is 0 Å². The van der Waals surface area contributed by atoms with Crippen molar-refractivity contribution in [3.63, 3.8) is 0 Å². The van der Waals surface area contributed by atoms with Crippen molar-refractivity contribution in [1.29, 1.82) is 0 Å². The molecule has 0 bridgehead atoms. The summed E-state index contributed by atoms with van der Waals surface area (Å²) in [4.78, 5) is 12.3. The van der Waals surface area contributed by atoms with E-state index in [0.29, 0.717) is 18.4 Å². The number of rotatable bonds is 3. The van der Waals surface area contributed by atoms with E-state index in [4.69, 9.17) is 0 Å². The van der Waals surface area contributed by atoms with E-state index >= 15 is 0 Å². The maximum Gasteiger partial charge on any atom is 0.315 e. The van der Waals surface area contributed by atoms with Gasteiger partial charge >= 0.3 is 6.03 Å². The lowest BCUT2D eigenvalue weighted by atomic mass is 9.87. The average Bonchev–Trinajstić information content (AvgIpc) is 2.81. The number of aryl methyl sites for hydroxylation is 1. The zero-order valence-electron chi connectivity index (χ0n) is 14.1. The highest BCUT2D eigenvalue weighted by Crippen LogP contribution is 2.36. The van der Waals surface area contributed by atoms with Gasteiger partial charge in [0.1, 0.15) is 0 Å². The molecule has 0 heterocycles. The highest BCUT2D eigenvalue weighted by molar-refractivity contribution is 5.74. The molecule has 1 aromatic carbocycles. The van der Waals surface area contributed by atoms with Crippen LogP contribution in [0.3, 0.4) is 0 Å². The lowest BCUT2D eigenvalue weighted by molar-refractivity contribution is 0.101. The van der Waals surface area contributed by atoms with Crippen LogP contribution in [0.1, 0.15) is 55.3 Å². The largest absolute Gasteiger partial charge is 0.393 e. The first-order valence-electron chi connectivity index (χ1n) is 8.84. The van der Waals surface area contributed by atoms with Crippen LogP contribution in [0.5, 0.6) is 0 Å². The van der Waals surface area contributed by atoms with Crippen molar-refractivity contribution in [2.75, 3.05) is 6.54 Å². The third kappa shape index (κ3) is 3.86. The first kappa shape index (κ1) is 16.3. The van der Waals surface area contributed by atoms with Crippen LogP contribution in [-0.4, -0.2) is 23.8 Å². The Morgan fingerprint density at radius 2 is 2.17 bits per heavy atom. The molecule has 0 aromatic heterocycles. The van der Waals surface area contributed by atoms with E-state index in [0.717, 1.165) is 32.1 Å². The molecule has 2 amide bonds.